The summed E-state index contributed by atoms with van der Waals surface area (Å²) in [6, 6.07) is 14.4. The molecule has 0 radical (unpaired) electrons. The van der Waals surface area contributed by atoms with Crippen LogP contribution in [0.15, 0.2) is 53.4 Å². The van der Waals surface area contributed by atoms with Crippen LogP contribution < -0.4 is 5.32 Å². The Labute approximate surface area is 139 Å². The van der Waals surface area contributed by atoms with E-state index < -0.39 is 0 Å². The predicted octanol–water partition coefficient (Wildman–Crippen LogP) is 4.30. The van der Waals surface area contributed by atoms with E-state index in [9.17, 15) is 4.39 Å². The van der Waals surface area contributed by atoms with Crippen LogP contribution in [-0.2, 0) is 4.74 Å². The Kier molecular flexibility index (Phi) is 5.37. The zero-order valence-corrected chi connectivity index (χ0v) is 13.5. The number of hydrogen-bond acceptors (Lipinski definition) is 3. The standard InChI is InChI=1S/C17H17ClFNOS/c18-14-6-1-2-7-16(14)22-17(15-11-20-8-9-21-15)12-4-3-5-13(19)10-12/h1-7,10,15,17,20H,8-9,11H2/t15?,17-/m1/s1. The van der Waals surface area contributed by atoms with Crippen molar-refractivity contribution in [2.75, 3.05) is 19.7 Å². The molecule has 116 valence electrons. The minimum atomic E-state index is -0.231. The van der Waals surface area contributed by atoms with E-state index in [0.717, 1.165) is 23.5 Å². The molecule has 0 bridgehead atoms. The molecule has 5 heteroatoms. The molecule has 0 amide bonds. The smallest absolute Gasteiger partial charge is 0.123 e. The first-order valence-corrected chi connectivity index (χ1v) is 8.49. The lowest BCUT2D eigenvalue weighted by Gasteiger charge is -2.31. The zero-order chi connectivity index (χ0) is 15.4. The molecule has 0 aromatic heterocycles. The molecule has 2 atom stereocenters. The fourth-order valence-corrected chi connectivity index (χ4v) is 3.99. The molecule has 0 spiro atoms. The van der Waals surface area contributed by atoms with Crippen LogP contribution >= 0.6 is 23.4 Å². The molecule has 1 aliphatic rings. The highest BCUT2D eigenvalue weighted by molar-refractivity contribution is 7.99. The van der Waals surface area contributed by atoms with Gasteiger partial charge in [-0.05, 0) is 29.8 Å². The first-order valence-electron chi connectivity index (χ1n) is 7.23. The van der Waals surface area contributed by atoms with E-state index in [1.165, 1.54) is 6.07 Å². The number of thioether (sulfide) groups is 1. The molecule has 2 aromatic carbocycles. The van der Waals surface area contributed by atoms with Crippen LogP contribution in [0.2, 0.25) is 5.02 Å². The minimum Gasteiger partial charge on any atom is -0.374 e. The Bertz CT molecular complexity index is 634. The summed E-state index contributed by atoms with van der Waals surface area (Å²) in [4.78, 5) is 0.979. The number of rotatable bonds is 4. The maximum Gasteiger partial charge on any atom is 0.123 e. The molecular formula is C17H17ClFNOS. The SMILES string of the molecule is Fc1cccc([C@@H](Sc2ccccc2Cl)C2CNCCO2)c1. The number of benzene rings is 2. The molecule has 2 aromatic rings. The van der Waals surface area contributed by atoms with Gasteiger partial charge in [0.15, 0.2) is 0 Å². The van der Waals surface area contributed by atoms with Gasteiger partial charge in [0.25, 0.3) is 0 Å². The second kappa shape index (κ2) is 7.47. The van der Waals surface area contributed by atoms with Gasteiger partial charge in [0.2, 0.25) is 0 Å². The van der Waals surface area contributed by atoms with Crippen molar-refractivity contribution in [1.29, 1.82) is 0 Å². The summed E-state index contributed by atoms with van der Waals surface area (Å²) in [6.45, 7) is 2.27. The Hall–Kier alpha value is -1.07. The fourth-order valence-electron chi connectivity index (χ4n) is 2.50. The molecule has 1 saturated heterocycles. The second-order valence-corrected chi connectivity index (χ2v) is 6.73. The number of hydrogen-bond donors (Lipinski definition) is 1. The minimum absolute atomic E-state index is 0.0107. The molecule has 1 unspecified atom stereocenters. The third kappa shape index (κ3) is 3.82. The van der Waals surface area contributed by atoms with Gasteiger partial charge in [-0.2, -0.15) is 0 Å². The summed E-state index contributed by atoms with van der Waals surface area (Å²) in [7, 11) is 0. The van der Waals surface area contributed by atoms with Crippen molar-refractivity contribution in [3.05, 3.63) is 64.9 Å². The van der Waals surface area contributed by atoms with E-state index in [2.05, 4.69) is 5.32 Å². The van der Waals surface area contributed by atoms with Gasteiger partial charge in [0.1, 0.15) is 5.82 Å². The van der Waals surface area contributed by atoms with Gasteiger partial charge >= 0.3 is 0 Å². The van der Waals surface area contributed by atoms with Crippen molar-refractivity contribution in [1.82, 2.24) is 5.32 Å². The Morgan fingerprint density at radius 3 is 2.82 bits per heavy atom. The highest BCUT2D eigenvalue weighted by Crippen LogP contribution is 2.42. The van der Waals surface area contributed by atoms with Crippen LogP contribution in [0.25, 0.3) is 0 Å². The van der Waals surface area contributed by atoms with E-state index in [-0.39, 0.29) is 17.2 Å². The van der Waals surface area contributed by atoms with Crippen molar-refractivity contribution in [3.8, 4) is 0 Å². The van der Waals surface area contributed by atoms with Gasteiger partial charge < -0.3 is 10.1 Å². The van der Waals surface area contributed by atoms with Crippen LogP contribution in [-0.4, -0.2) is 25.8 Å². The molecule has 2 nitrogen and oxygen atoms in total. The van der Waals surface area contributed by atoms with E-state index in [0.29, 0.717) is 11.6 Å². The topological polar surface area (TPSA) is 21.3 Å². The van der Waals surface area contributed by atoms with Crippen molar-refractivity contribution in [3.63, 3.8) is 0 Å². The Morgan fingerprint density at radius 1 is 1.23 bits per heavy atom. The van der Waals surface area contributed by atoms with Crippen LogP contribution in [0.3, 0.4) is 0 Å². The Balaban J connectivity index is 1.90. The molecule has 1 heterocycles. The molecule has 3 rings (SSSR count). The third-order valence-electron chi connectivity index (χ3n) is 3.56. The first-order chi connectivity index (χ1) is 10.7. The van der Waals surface area contributed by atoms with Crippen molar-refractivity contribution in [2.45, 2.75) is 16.2 Å². The van der Waals surface area contributed by atoms with Crippen LogP contribution in [0, 0.1) is 5.82 Å². The highest BCUT2D eigenvalue weighted by atomic mass is 35.5. The number of halogens is 2. The average molecular weight is 338 g/mol. The van der Waals surface area contributed by atoms with Gasteiger partial charge in [-0.25, -0.2) is 4.39 Å². The maximum atomic E-state index is 13.6. The van der Waals surface area contributed by atoms with E-state index in [1.54, 1.807) is 23.9 Å². The van der Waals surface area contributed by atoms with Crippen molar-refractivity contribution in [2.24, 2.45) is 0 Å². The summed E-state index contributed by atoms with van der Waals surface area (Å²) in [5.41, 5.74) is 0.915. The van der Waals surface area contributed by atoms with Gasteiger partial charge in [-0.3, -0.25) is 0 Å². The largest absolute Gasteiger partial charge is 0.374 e. The lowest BCUT2D eigenvalue weighted by Crippen LogP contribution is -2.41. The van der Waals surface area contributed by atoms with E-state index in [1.807, 2.05) is 30.3 Å². The average Bonchev–Trinajstić information content (AvgIpc) is 2.55. The van der Waals surface area contributed by atoms with E-state index >= 15 is 0 Å². The van der Waals surface area contributed by atoms with Crippen molar-refractivity contribution >= 4 is 23.4 Å². The molecule has 0 aliphatic carbocycles. The lowest BCUT2D eigenvalue weighted by molar-refractivity contribution is 0.0273. The summed E-state index contributed by atoms with van der Waals surface area (Å²) in [5, 5.41) is 4.03. The highest BCUT2D eigenvalue weighted by Gasteiger charge is 2.27. The summed E-state index contributed by atoms with van der Waals surface area (Å²) in [6.07, 6.45) is -0.0168. The predicted molar refractivity (Wildman–Crippen MR) is 89.1 cm³/mol. The zero-order valence-electron chi connectivity index (χ0n) is 12.0. The summed E-state index contributed by atoms with van der Waals surface area (Å²) in [5.74, 6) is -0.231. The van der Waals surface area contributed by atoms with Crippen LogP contribution in [0.5, 0.6) is 0 Å². The fraction of sp³-hybridized carbons (Fsp3) is 0.294. The number of morpholine rings is 1. The quantitative estimate of drug-likeness (QED) is 0.840. The second-order valence-electron chi connectivity index (χ2n) is 5.14. The molecule has 1 N–H and O–H groups in total. The molecule has 0 saturated carbocycles. The monoisotopic (exact) mass is 337 g/mol. The summed E-state index contributed by atoms with van der Waals surface area (Å²) >= 11 is 7.89. The maximum absolute atomic E-state index is 13.6. The molecule has 22 heavy (non-hydrogen) atoms. The van der Waals surface area contributed by atoms with Gasteiger partial charge in [-0.1, -0.05) is 35.9 Å². The first kappa shape index (κ1) is 15.8. The van der Waals surface area contributed by atoms with Gasteiger partial charge in [-0.15, -0.1) is 11.8 Å². The molecule has 1 fully saturated rings. The van der Waals surface area contributed by atoms with Crippen LogP contribution in [0.4, 0.5) is 4.39 Å². The third-order valence-corrected chi connectivity index (χ3v) is 5.44. The van der Waals surface area contributed by atoms with Gasteiger partial charge in [0, 0.05) is 18.0 Å². The summed E-state index contributed by atoms with van der Waals surface area (Å²) < 4.78 is 19.5. The molecule has 1 aliphatic heterocycles. The van der Waals surface area contributed by atoms with Crippen molar-refractivity contribution < 1.29 is 9.13 Å². The molecular weight excluding hydrogens is 321 g/mol. The van der Waals surface area contributed by atoms with Crippen LogP contribution in [0.1, 0.15) is 10.8 Å². The van der Waals surface area contributed by atoms with Gasteiger partial charge in [0.05, 0.1) is 23.0 Å². The lowest BCUT2D eigenvalue weighted by atomic mass is 10.1. The normalized spacial score (nSPS) is 19.8. The Morgan fingerprint density at radius 2 is 2.09 bits per heavy atom. The van der Waals surface area contributed by atoms with E-state index in [4.69, 9.17) is 16.3 Å². The number of ether oxygens (including phenoxy) is 1. The number of nitrogens with one attached hydrogen (secondary N) is 1.